The number of ether oxygens (including phenoxy) is 1. The zero-order valence-electron chi connectivity index (χ0n) is 15.0. The molecule has 4 heteroatoms. The Balaban J connectivity index is 0.00000168. The lowest BCUT2D eigenvalue weighted by Crippen LogP contribution is -2.58. The Bertz CT molecular complexity index is 809. The van der Waals surface area contributed by atoms with Crippen molar-refractivity contribution >= 4 is 29.1 Å². The molecule has 2 bridgehead atoms. The SMILES string of the molecule is Cl.O=C(Oc1ccc2ccccc2c1)C1(C2CN3CCC2CC3)CCC1. The van der Waals surface area contributed by atoms with E-state index in [1.165, 1.54) is 31.3 Å². The molecule has 6 rings (SSSR count). The monoisotopic (exact) mass is 371 g/mol. The molecule has 2 aromatic rings. The Kier molecular flexibility index (Phi) is 4.70. The Hall–Kier alpha value is -1.58. The van der Waals surface area contributed by atoms with Crippen LogP contribution in [0.25, 0.3) is 10.8 Å². The normalized spacial score (nSPS) is 28.8. The van der Waals surface area contributed by atoms with Gasteiger partial charge < -0.3 is 9.64 Å². The summed E-state index contributed by atoms with van der Waals surface area (Å²) in [6, 6.07) is 14.2. The topological polar surface area (TPSA) is 29.5 Å². The van der Waals surface area contributed by atoms with Crippen LogP contribution in [0.1, 0.15) is 32.1 Å². The van der Waals surface area contributed by atoms with Crippen LogP contribution in [0.2, 0.25) is 0 Å². The number of fused-ring (bicyclic) bond motifs is 4. The van der Waals surface area contributed by atoms with Crippen molar-refractivity contribution in [3.05, 3.63) is 42.5 Å². The summed E-state index contributed by atoms with van der Waals surface area (Å²) in [7, 11) is 0. The molecule has 0 radical (unpaired) electrons. The third-order valence-corrected chi connectivity index (χ3v) is 6.95. The molecular formula is C22H26ClNO2. The van der Waals surface area contributed by atoms with Crippen LogP contribution in [0.4, 0.5) is 0 Å². The van der Waals surface area contributed by atoms with Crippen LogP contribution in [-0.2, 0) is 4.79 Å². The lowest BCUT2D eigenvalue weighted by atomic mass is 9.55. The fourth-order valence-electron chi connectivity index (χ4n) is 5.31. The number of carbonyl (C=O) groups excluding carboxylic acids is 1. The molecule has 3 saturated heterocycles. The minimum absolute atomic E-state index is 0. The van der Waals surface area contributed by atoms with Gasteiger partial charge in [-0.15, -0.1) is 12.4 Å². The maximum absolute atomic E-state index is 13.2. The highest BCUT2D eigenvalue weighted by Gasteiger charge is 2.56. The van der Waals surface area contributed by atoms with Crippen LogP contribution < -0.4 is 4.74 Å². The first-order valence-electron chi connectivity index (χ1n) is 9.68. The van der Waals surface area contributed by atoms with Crippen molar-refractivity contribution in [3.63, 3.8) is 0 Å². The number of piperidine rings is 3. The van der Waals surface area contributed by atoms with Gasteiger partial charge in [0.25, 0.3) is 0 Å². The van der Waals surface area contributed by atoms with E-state index in [9.17, 15) is 4.79 Å². The maximum Gasteiger partial charge on any atom is 0.317 e. The van der Waals surface area contributed by atoms with Crippen LogP contribution in [0, 0.1) is 17.3 Å². The molecule has 26 heavy (non-hydrogen) atoms. The number of esters is 1. The zero-order valence-corrected chi connectivity index (χ0v) is 15.8. The Labute approximate surface area is 161 Å². The molecule has 0 aromatic heterocycles. The molecule has 0 amide bonds. The second-order valence-corrected chi connectivity index (χ2v) is 8.15. The van der Waals surface area contributed by atoms with E-state index in [4.69, 9.17) is 4.74 Å². The smallest absolute Gasteiger partial charge is 0.317 e. The average Bonchev–Trinajstić information content (AvgIpc) is 2.62. The molecule has 138 valence electrons. The minimum Gasteiger partial charge on any atom is -0.426 e. The van der Waals surface area contributed by atoms with E-state index in [-0.39, 0.29) is 23.8 Å². The Morgan fingerprint density at radius 3 is 2.38 bits per heavy atom. The molecule has 4 aliphatic rings. The van der Waals surface area contributed by atoms with Crippen molar-refractivity contribution in [2.45, 2.75) is 32.1 Å². The summed E-state index contributed by atoms with van der Waals surface area (Å²) >= 11 is 0. The van der Waals surface area contributed by atoms with Gasteiger partial charge in [-0.2, -0.15) is 0 Å². The van der Waals surface area contributed by atoms with Gasteiger partial charge >= 0.3 is 5.97 Å². The highest BCUT2D eigenvalue weighted by molar-refractivity contribution is 5.86. The lowest BCUT2D eigenvalue weighted by molar-refractivity contribution is -0.165. The van der Waals surface area contributed by atoms with Gasteiger partial charge in [0.15, 0.2) is 0 Å². The van der Waals surface area contributed by atoms with Crippen molar-refractivity contribution in [2.24, 2.45) is 17.3 Å². The van der Waals surface area contributed by atoms with Crippen LogP contribution in [0.3, 0.4) is 0 Å². The first-order valence-corrected chi connectivity index (χ1v) is 9.68. The van der Waals surface area contributed by atoms with Crippen LogP contribution in [-0.4, -0.2) is 30.5 Å². The fourth-order valence-corrected chi connectivity index (χ4v) is 5.31. The summed E-state index contributed by atoms with van der Waals surface area (Å²) in [5.41, 5.74) is -0.227. The first kappa shape index (κ1) is 17.8. The van der Waals surface area contributed by atoms with Crippen LogP contribution in [0.15, 0.2) is 42.5 Å². The number of hydrogen-bond donors (Lipinski definition) is 0. The van der Waals surface area contributed by atoms with Gasteiger partial charge in [-0.3, -0.25) is 4.79 Å². The van der Waals surface area contributed by atoms with Gasteiger partial charge in [-0.05, 0) is 73.5 Å². The summed E-state index contributed by atoms with van der Waals surface area (Å²) in [6.07, 6.45) is 5.70. The molecule has 0 spiro atoms. The molecule has 3 heterocycles. The second-order valence-electron chi connectivity index (χ2n) is 8.15. The largest absolute Gasteiger partial charge is 0.426 e. The summed E-state index contributed by atoms with van der Waals surface area (Å²) < 4.78 is 5.93. The first-order chi connectivity index (χ1) is 12.2. The molecule has 3 nitrogen and oxygen atoms in total. The Morgan fingerprint density at radius 2 is 1.77 bits per heavy atom. The van der Waals surface area contributed by atoms with Gasteiger partial charge in [0.05, 0.1) is 5.41 Å². The molecule has 1 atom stereocenters. The minimum atomic E-state index is -0.227. The van der Waals surface area contributed by atoms with Gasteiger partial charge in [0, 0.05) is 6.54 Å². The fraction of sp³-hybridized carbons (Fsp3) is 0.500. The molecule has 3 aliphatic heterocycles. The lowest BCUT2D eigenvalue weighted by Gasteiger charge is -2.55. The van der Waals surface area contributed by atoms with Crippen molar-refractivity contribution < 1.29 is 9.53 Å². The summed E-state index contributed by atoms with van der Waals surface area (Å²) in [4.78, 5) is 15.7. The van der Waals surface area contributed by atoms with Crippen molar-refractivity contribution in [2.75, 3.05) is 19.6 Å². The quantitative estimate of drug-likeness (QED) is 0.579. The summed E-state index contributed by atoms with van der Waals surface area (Å²) in [5.74, 6) is 1.93. The van der Waals surface area contributed by atoms with E-state index in [2.05, 4.69) is 17.0 Å². The summed E-state index contributed by atoms with van der Waals surface area (Å²) in [6.45, 7) is 3.53. The van der Waals surface area contributed by atoms with E-state index in [1.807, 2.05) is 30.3 Å². The predicted molar refractivity (Wildman–Crippen MR) is 106 cm³/mol. The van der Waals surface area contributed by atoms with E-state index >= 15 is 0 Å². The number of hydrogen-bond acceptors (Lipinski definition) is 3. The molecule has 1 unspecified atom stereocenters. The number of halogens is 1. The van der Waals surface area contributed by atoms with Gasteiger partial charge in [0.2, 0.25) is 0 Å². The van der Waals surface area contributed by atoms with Gasteiger partial charge in [-0.25, -0.2) is 0 Å². The second kappa shape index (κ2) is 6.86. The van der Waals surface area contributed by atoms with E-state index < -0.39 is 0 Å². The predicted octanol–water partition coefficient (Wildman–Crippen LogP) is 4.68. The zero-order chi connectivity index (χ0) is 16.9. The number of nitrogens with zero attached hydrogens (tertiary/aromatic N) is 1. The number of benzene rings is 2. The van der Waals surface area contributed by atoms with E-state index in [0.717, 1.165) is 37.1 Å². The Morgan fingerprint density at radius 1 is 1.04 bits per heavy atom. The highest BCUT2D eigenvalue weighted by atomic mass is 35.5. The standard InChI is InChI=1S/C22H25NO2.ClH/c24-21(25-19-7-6-16-4-1-2-5-18(16)14-19)22(10-3-11-22)20-15-23-12-8-17(20)9-13-23;/h1-2,4-7,14,17,20H,3,8-13,15H2;1H. The molecule has 0 N–H and O–H groups in total. The third kappa shape index (κ3) is 2.82. The highest BCUT2D eigenvalue weighted by Crippen LogP contribution is 2.54. The van der Waals surface area contributed by atoms with Crippen LogP contribution in [0.5, 0.6) is 5.75 Å². The average molecular weight is 372 g/mol. The molecule has 2 aromatic carbocycles. The van der Waals surface area contributed by atoms with Crippen molar-refractivity contribution in [1.29, 1.82) is 0 Å². The number of rotatable bonds is 3. The molecular weight excluding hydrogens is 346 g/mol. The van der Waals surface area contributed by atoms with E-state index in [1.54, 1.807) is 0 Å². The van der Waals surface area contributed by atoms with E-state index in [0.29, 0.717) is 11.7 Å². The van der Waals surface area contributed by atoms with Gasteiger partial charge in [0.1, 0.15) is 5.75 Å². The van der Waals surface area contributed by atoms with Crippen LogP contribution >= 0.6 is 12.4 Å². The van der Waals surface area contributed by atoms with Crippen molar-refractivity contribution in [1.82, 2.24) is 4.90 Å². The van der Waals surface area contributed by atoms with Crippen molar-refractivity contribution in [3.8, 4) is 5.75 Å². The van der Waals surface area contributed by atoms with Gasteiger partial charge in [-0.1, -0.05) is 36.8 Å². The maximum atomic E-state index is 13.2. The third-order valence-electron chi connectivity index (χ3n) is 6.95. The molecule has 1 aliphatic carbocycles. The number of carbonyl (C=O) groups is 1. The molecule has 1 saturated carbocycles. The molecule has 4 fully saturated rings. The summed E-state index contributed by atoms with van der Waals surface area (Å²) in [5, 5.41) is 2.30.